The number of nitro groups is 1. The van der Waals surface area contributed by atoms with Gasteiger partial charge < -0.3 is 9.47 Å². The van der Waals surface area contributed by atoms with Gasteiger partial charge in [-0.15, -0.1) is 10.2 Å². The van der Waals surface area contributed by atoms with Crippen molar-refractivity contribution in [2.45, 2.75) is 39.4 Å². The number of non-ortho nitro benzene ring substituents is 1. The Hall–Kier alpha value is -4.12. The summed E-state index contributed by atoms with van der Waals surface area (Å²) in [6.07, 6.45) is 3.37. The van der Waals surface area contributed by atoms with Crippen molar-refractivity contribution < 1.29 is 24.0 Å². The number of rotatable bonds is 4. The molecule has 0 spiro atoms. The van der Waals surface area contributed by atoms with Crippen molar-refractivity contribution in [1.29, 1.82) is 0 Å². The number of aromatic nitrogens is 2. The van der Waals surface area contributed by atoms with Crippen LogP contribution >= 0.6 is 11.3 Å². The SMILES string of the molecule is CC1Oc2c(cc(C(=O)Nc3nnc(-c4ccc([N+](=O)[O-])cc4)s3)c3c2C=CC(C)(C)O3)C(=O)C1C. The van der Waals surface area contributed by atoms with Crippen LogP contribution in [0.15, 0.2) is 36.4 Å². The second-order valence-corrected chi connectivity index (χ2v) is 10.2. The highest BCUT2D eigenvalue weighted by atomic mass is 32.1. The van der Waals surface area contributed by atoms with E-state index in [0.29, 0.717) is 33.2 Å². The first-order valence-electron chi connectivity index (χ1n) is 11.2. The minimum absolute atomic E-state index is 0.0341. The molecule has 5 rings (SSSR count). The van der Waals surface area contributed by atoms with E-state index in [4.69, 9.17) is 9.47 Å². The van der Waals surface area contributed by atoms with E-state index in [1.54, 1.807) is 19.1 Å². The molecule has 1 N–H and O–H groups in total. The number of nitrogens with zero attached hydrogens (tertiary/aromatic N) is 3. The van der Waals surface area contributed by atoms with Crippen LogP contribution in [0.5, 0.6) is 11.5 Å². The minimum atomic E-state index is -0.667. The number of anilines is 1. The van der Waals surface area contributed by atoms with E-state index in [-0.39, 0.29) is 34.2 Å². The third-order valence-corrected chi connectivity index (χ3v) is 7.07. The number of hydrogen-bond acceptors (Lipinski definition) is 9. The fourth-order valence-electron chi connectivity index (χ4n) is 4.02. The van der Waals surface area contributed by atoms with Crippen molar-refractivity contribution in [3.8, 4) is 22.1 Å². The van der Waals surface area contributed by atoms with E-state index < -0.39 is 16.4 Å². The third-order valence-electron chi connectivity index (χ3n) is 6.19. The number of hydrogen-bond donors (Lipinski definition) is 1. The maximum absolute atomic E-state index is 13.4. The molecule has 0 bridgehead atoms. The first-order chi connectivity index (χ1) is 17.0. The molecule has 2 aliphatic rings. The Balaban J connectivity index is 1.49. The van der Waals surface area contributed by atoms with Crippen LogP contribution in [0.25, 0.3) is 16.6 Å². The molecule has 0 radical (unpaired) electrons. The Kier molecular flexibility index (Phi) is 5.59. The number of carbonyl (C=O) groups excluding carboxylic acids is 2. The summed E-state index contributed by atoms with van der Waals surface area (Å²) in [5, 5.41) is 22.5. The highest BCUT2D eigenvalue weighted by molar-refractivity contribution is 7.18. The summed E-state index contributed by atoms with van der Waals surface area (Å²) in [5.41, 5.74) is 1.000. The largest absolute Gasteiger partial charge is 0.488 e. The number of ketones is 1. The van der Waals surface area contributed by atoms with E-state index in [0.717, 1.165) is 11.3 Å². The molecule has 2 atom stereocenters. The summed E-state index contributed by atoms with van der Waals surface area (Å²) in [5.74, 6) is -0.224. The fraction of sp³-hybridized carbons (Fsp3) is 0.280. The topological polar surface area (TPSA) is 134 Å². The summed E-state index contributed by atoms with van der Waals surface area (Å²) < 4.78 is 12.2. The predicted molar refractivity (Wildman–Crippen MR) is 134 cm³/mol. The number of benzene rings is 2. The first kappa shape index (κ1) is 23.6. The number of Topliss-reactive ketones (excluding diaryl/α,β-unsaturated/α-hetero) is 1. The minimum Gasteiger partial charge on any atom is -0.488 e. The van der Waals surface area contributed by atoms with E-state index in [1.165, 1.54) is 18.2 Å². The Labute approximate surface area is 210 Å². The molecule has 0 saturated heterocycles. The molecule has 1 amide bonds. The average molecular weight is 507 g/mol. The zero-order valence-corrected chi connectivity index (χ0v) is 20.7. The zero-order valence-electron chi connectivity index (χ0n) is 19.9. The van der Waals surface area contributed by atoms with Crippen LogP contribution < -0.4 is 14.8 Å². The summed E-state index contributed by atoms with van der Waals surface area (Å²) in [7, 11) is 0. The molecule has 10 nitrogen and oxygen atoms in total. The predicted octanol–water partition coefficient (Wildman–Crippen LogP) is 5.15. The second kappa shape index (κ2) is 8.52. The summed E-state index contributed by atoms with van der Waals surface area (Å²) >= 11 is 1.12. The number of nitrogens with one attached hydrogen (secondary N) is 1. The number of ether oxygens (including phenoxy) is 2. The van der Waals surface area contributed by atoms with Crippen LogP contribution in [-0.4, -0.2) is 38.5 Å². The Morgan fingerprint density at radius 1 is 1.17 bits per heavy atom. The molecule has 36 heavy (non-hydrogen) atoms. The zero-order chi connectivity index (χ0) is 25.8. The summed E-state index contributed by atoms with van der Waals surface area (Å²) in [6.45, 7) is 7.37. The van der Waals surface area contributed by atoms with Gasteiger partial charge in [-0.25, -0.2) is 0 Å². The lowest BCUT2D eigenvalue weighted by molar-refractivity contribution is -0.384. The van der Waals surface area contributed by atoms with Gasteiger partial charge in [0.05, 0.1) is 27.5 Å². The lowest BCUT2D eigenvalue weighted by atomic mass is 9.87. The van der Waals surface area contributed by atoms with Gasteiger partial charge >= 0.3 is 0 Å². The van der Waals surface area contributed by atoms with Crippen molar-refractivity contribution in [3.05, 3.63) is 63.2 Å². The van der Waals surface area contributed by atoms with E-state index >= 15 is 0 Å². The molecule has 1 aromatic heterocycles. The van der Waals surface area contributed by atoms with E-state index in [9.17, 15) is 19.7 Å². The van der Waals surface area contributed by atoms with Crippen LogP contribution in [0, 0.1) is 16.0 Å². The molecule has 2 aromatic carbocycles. The highest BCUT2D eigenvalue weighted by Gasteiger charge is 2.38. The number of amides is 1. The first-order valence-corrected chi connectivity index (χ1v) is 12.1. The molecule has 3 aromatic rings. The molecule has 2 unspecified atom stereocenters. The van der Waals surface area contributed by atoms with Gasteiger partial charge in [0.25, 0.3) is 11.6 Å². The van der Waals surface area contributed by atoms with Gasteiger partial charge in [0.1, 0.15) is 28.2 Å². The average Bonchev–Trinajstić information content (AvgIpc) is 3.30. The van der Waals surface area contributed by atoms with Crippen molar-refractivity contribution in [2.75, 3.05) is 5.32 Å². The smallest absolute Gasteiger partial charge is 0.269 e. The Bertz CT molecular complexity index is 1440. The van der Waals surface area contributed by atoms with Crippen molar-refractivity contribution in [3.63, 3.8) is 0 Å². The van der Waals surface area contributed by atoms with Gasteiger partial charge in [-0.3, -0.25) is 25.0 Å². The summed E-state index contributed by atoms with van der Waals surface area (Å²) in [4.78, 5) is 36.9. The van der Waals surface area contributed by atoms with Crippen LogP contribution in [0.3, 0.4) is 0 Å². The van der Waals surface area contributed by atoms with Gasteiger partial charge in [0.2, 0.25) is 5.13 Å². The van der Waals surface area contributed by atoms with Gasteiger partial charge in [0.15, 0.2) is 5.78 Å². The quantitative estimate of drug-likeness (QED) is 0.379. The maximum atomic E-state index is 13.4. The molecular weight excluding hydrogens is 484 g/mol. The van der Waals surface area contributed by atoms with E-state index in [2.05, 4.69) is 15.5 Å². The van der Waals surface area contributed by atoms with Gasteiger partial charge in [-0.05, 0) is 51.1 Å². The Morgan fingerprint density at radius 2 is 1.89 bits per heavy atom. The number of carbonyl (C=O) groups is 2. The van der Waals surface area contributed by atoms with Crippen LogP contribution in [0.1, 0.15) is 54.0 Å². The molecule has 0 aliphatic carbocycles. The van der Waals surface area contributed by atoms with Crippen molar-refractivity contribution in [1.82, 2.24) is 10.2 Å². The molecular formula is C25H22N4O6S. The molecule has 184 valence electrons. The van der Waals surface area contributed by atoms with Crippen molar-refractivity contribution >= 4 is 39.9 Å². The van der Waals surface area contributed by atoms with Gasteiger partial charge in [-0.1, -0.05) is 18.3 Å². The molecule has 0 saturated carbocycles. The number of fused-ring (bicyclic) bond motifs is 3. The number of nitro benzene ring substituents is 1. The van der Waals surface area contributed by atoms with Crippen LogP contribution in [-0.2, 0) is 0 Å². The molecule has 0 fully saturated rings. The lowest BCUT2D eigenvalue weighted by Crippen LogP contribution is -2.36. The van der Waals surface area contributed by atoms with Gasteiger partial charge in [-0.2, -0.15) is 0 Å². The van der Waals surface area contributed by atoms with Crippen LogP contribution in [0.4, 0.5) is 10.8 Å². The van der Waals surface area contributed by atoms with E-state index in [1.807, 2.05) is 32.9 Å². The summed E-state index contributed by atoms with van der Waals surface area (Å²) in [6, 6.07) is 7.41. The second-order valence-electron chi connectivity index (χ2n) is 9.23. The normalized spacial score (nSPS) is 19.5. The monoisotopic (exact) mass is 506 g/mol. The third kappa shape index (κ3) is 4.11. The van der Waals surface area contributed by atoms with Crippen LogP contribution in [0.2, 0.25) is 0 Å². The fourth-order valence-corrected chi connectivity index (χ4v) is 4.76. The standard InChI is InChI=1S/C25H22N4O6S/c1-12-13(2)34-20-16-9-10-25(3,4)35-21(16)18(11-17(20)19(12)30)22(31)26-24-28-27-23(36-24)14-5-7-15(8-6-14)29(32)33/h5-13H,1-4H3,(H,26,28,31). The van der Waals surface area contributed by atoms with Gasteiger partial charge in [0, 0.05) is 17.7 Å². The highest BCUT2D eigenvalue weighted by Crippen LogP contribution is 2.45. The lowest BCUT2D eigenvalue weighted by Gasteiger charge is -2.34. The van der Waals surface area contributed by atoms with Crippen molar-refractivity contribution in [2.24, 2.45) is 5.92 Å². The molecule has 3 heterocycles. The maximum Gasteiger partial charge on any atom is 0.269 e. The molecule has 11 heteroatoms. The molecule has 2 aliphatic heterocycles. The Morgan fingerprint density at radius 3 is 2.58 bits per heavy atom.